The Morgan fingerprint density at radius 2 is 1.85 bits per heavy atom. The van der Waals surface area contributed by atoms with Gasteiger partial charge < -0.3 is 15.0 Å². The Morgan fingerprint density at radius 1 is 1.18 bits per heavy atom. The van der Waals surface area contributed by atoms with E-state index in [9.17, 15) is 32.7 Å². The van der Waals surface area contributed by atoms with Crippen molar-refractivity contribution in [2.24, 2.45) is 0 Å². The third-order valence-corrected chi connectivity index (χ3v) is 5.71. The molecule has 2 heterocycles. The van der Waals surface area contributed by atoms with Crippen molar-refractivity contribution in [3.05, 3.63) is 62.8 Å². The Labute approximate surface area is 185 Å². The van der Waals surface area contributed by atoms with Crippen molar-refractivity contribution in [2.75, 3.05) is 6.54 Å². The monoisotopic (exact) mass is 466 g/mol. The molecule has 2 aromatic rings. The van der Waals surface area contributed by atoms with E-state index in [-0.39, 0.29) is 24.8 Å². The SMILES string of the molecule is O=C(NCc1c(F)cc(F)cc1F)c1cn2c(c(O)c1=O)C(=O)N(C1CCCC1)ONCC2. The molecule has 1 aliphatic carbocycles. The molecule has 0 unspecified atom stereocenters. The summed E-state index contributed by atoms with van der Waals surface area (Å²) in [5.41, 5.74) is 0.0841. The minimum Gasteiger partial charge on any atom is -0.503 e. The van der Waals surface area contributed by atoms with E-state index in [1.807, 2.05) is 0 Å². The van der Waals surface area contributed by atoms with Crippen LogP contribution in [0.15, 0.2) is 23.1 Å². The molecule has 1 aliphatic heterocycles. The Hall–Kier alpha value is -3.38. The summed E-state index contributed by atoms with van der Waals surface area (Å²) in [5, 5.41) is 13.8. The fraction of sp³-hybridized carbons (Fsp3) is 0.381. The van der Waals surface area contributed by atoms with Crippen LogP contribution in [0.4, 0.5) is 13.2 Å². The second-order valence-electron chi connectivity index (χ2n) is 7.85. The van der Waals surface area contributed by atoms with Crippen molar-refractivity contribution in [2.45, 2.75) is 44.8 Å². The van der Waals surface area contributed by atoms with Crippen LogP contribution in [0, 0.1) is 17.5 Å². The number of hydroxylamine groups is 3. The summed E-state index contributed by atoms with van der Waals surface area (Å²) in [6, 6.07) is 0.704. The number of aromatic nitrogens is 1. The van der Waals surface area contributed by atoms with Gasteiger partial charge in [0.1, 0.15) is 23.0 Å². The minimum absolute atomic E-state index is 0.0783. The van der Waals surface area contributed by atoms with E-state index >= 15 is 0 Å². The van der Waals surface area contributed by atoms with Gasteiger partial charge in [-0.2, -0.15) is 15.5 Å². The molecule has 1 saturated carbocycles. The third kappa shape index (κ3) is 4.44. The lowest BCUT2D eigenvalue weighted by Gasteiger charge is -2.30. The van der Waals surface area contributed by atoms with Crippen molar-refractivity contribution in [3.63, 3.8) is 0 Å². The second kappa shape index (κ2) is 9.24. The number of pyridine rings is 1. The zero-order valence-electron chi connectivity index (χ0n) is 17.4. The van der Waals surface area contributed by atoms with Gasteiger partial charge in [0, 0.05) is 43.5 Å². The van der Waals surface area contributed by atoms with Crippen LogP contribution in [0.3, 0.4) is 0 Å². The van der Waals surface area contributed by atoms with Gasteiger partial charge in [0.25, 0.3) is 11.8 Å². The van der Waals surface area contributed by atoms with Gasteiger partial charge in [0.2, 0.25) is 5.43 Å². The molecule has 9 nitrogen and oxygen atoms in total. The molecular weight excluding hydrogens is 445 g/mol. The van der Waals surface area contributed by atoms with Gasteiger partial charge in [-0.05, 0) is 12.8 Å². The Bertz CT molecular complexity index is 1140. The highest BCUT2D eigenvalue weighted by atomic mass is 19.1. The molecule has 1 aromatic heterocycles. The van der Waals surface area contributed by atoms with Crippen molar-refractivity contribution in [3.8, 4) is 5.75 Å². The maximum absolute atomic E-state index is 13.8. The van der Waals surface area contributed by atoms with Gasteiger partial charge in [0.05, 0.1) is 6.04 Å². The largest absolute Gasteiger partial charge is 0.503 e. The summed E-state index contributed by atoms with van der Waals surface area (Å²) >= 11 is 0. The highest BCUT2D eigenvalue weighted by Gasteiger charge is 2.34. The number of aromatic hydroxyl groups is 1. The Kier molecular flexibility index (Phi) is 6.38. The lowest BCUT2D eigenvalue weighted by atomic mass is 10.1. The number of carbonyl (C=O) groups excluding carboxylic acids is 2. The van der Waals surface area contributed by atoms with Crippen LogP contribution in [-0.4, -0.2) is 39.1 Å². The van der Waals surface area contributed by atoms with Gasteiger partial charge in [-0.25, -0.2) is 13.2 Å². The lowest BCUT2D eigenvalue weighted by molar-refractivity contribution is -0.199. The number of benzene rings is 1. The lowest BCUT2D eigenvalue weighted by Crippen LogP contribution is -2.47. The first-order chi connectivity index (χ1) is 15.8. The van der Waals surface area contributed by atoms with Crippen LogP contribution in [0.5, 0.6) is 5.75 Å². The summed E-state index contributed by atoms with van der Waals surface area (Å²) in [4.78, 5) is 43.7. The van der Waals surface area contributed by atoms with Gasteiger partial charge >= 0.3 is 0 Å². The molecule has 3 N–H and O–H groups in total. The zero-order valence-corrected chi connectivity index (χ0v) is 17.4. The predicted octanol–water partition coefficient (Wildman–Crippen LogP) is 1.74. The second-order valence-corrected chi connectivity index (χ2v) is 7.85. The summed E-state index contributed by atoms with van der Waals surface area (Å²) < 4.78 is 42.0. The first-order valence-corrected chi connectivity index (χ1v) is 10.4. The van der Waals surface area contributed by atoms with E-state index in [1.54, 1.807) is 0 Å². The quantitative estimate of drug-likeness (QED) is 0.633. The number of hydrogen-bond donors (Lipinski definition) is 3. The maximum Gasteiger partial charge on any atom is 0.299 e. The van der Waals surface area contributed by atoms with Crippen LogP contribution in [0.25, 0.3) is 0 Å². The standard InChI is InChI=1S/C21H21F3N4O5/c22-11-7-15(23)13(16(24)8-11)9-25-20(31)14-10-27-6-5-26-33-28(12-3-1-2-4-12)21(32)17(27)19(30)18(14)29/h7-8,10,12,26,30H,1-6,9H2,(H,25,31). The molecule has 176 valence electrons. The van der Waals surface area contributed by atoms with Gasteiger partial charge in [-0.3, -0.25) is 14.4 Å². The van der Waals surface area contributed by atoms with E-state index in [1.165, 1.54) is 4.57 Å². The van der Waals surface area contributed by atoms with Gasteiger partial charge in [-0.15, -0.1) is 0 Å². The average molecular weight is 466 g/mol. The molecule has 33 heavy (non-hydrogen) atoms. The molecular formula is C21H21F3N4O5. The van der Waals surface area contributed by atoms with Crippen molar-refractivity contribution in [1.82, 2.24) is 20.4 Å². The Morgan fingerprint density at radius 3 is 2.52 bits per heavy atom. The van der Waals surface area contributed by atoms with Crippen molar-refractivity contribution < 1.29 is 32.8 Å². The predicted molar refractivity (Wildman–Crippen MR) is 107 cm³/mol. The van der Waals surface area contributed by atoms with Gasteiger partial charge in [0.15, 0.2) is 11.4 Å². The number of amides is 2. The summed E-state index contributed by atoms with van der Waals surface area (Å²) in [7, 11) is 0. The number of hydrogen-bond acceptors (Lipinski definition) is 6. The third-order valence-electron chi connectivity index (χ3n) is 5.71. The molecule has 1 aromatic carbocycles. The number of nitrogens with one attached hydrogen (secondary N) is 2. The number of carbonyl (C=O) groups is 2. The smallest absolute Gasteiger partial charge is 0.299 e. The van der Waals surface area contributed by atoms with Crippen LogP contribution in [-0.2, 0) is 18.0 Å². The summed E-state index contributed by atoms with van der Waals surface area (Å²) in [5.74, 6) is -6.20. The fourth-order valence-electron chi connectivity index (χ4n) is 4.02. The molecule has 1 fully saturated rings. The number of nitrogens with zero attached hydrogens (tertiary/aromatic N) is 2. The molecule has 12 heteroatoms. The van der Waals surface area contributed by atoms with Crippen LogP contribution in [0.2, 0.25) is 0 Å². The van der Waals surface area contributed by atoms with Crippen LogP contribution < -0.4 is 16.2 Å². The van der Waals surface area contributed by atoms with Crippen molar-refractivity contribution in [1.29, 1.82) is 0 Å². The maximum atomic E-state index is 13.8. The van der Waals surface area contributed by atoms with E-state index in [0.29, 0.717) is 25.0 Å². The Balaban J connectivity index is 1.63. The molecule has 0 bridgehead atoms. The highest BCUT2D eigenvalue weighted by molar-refractivity contribution is 5.98. The normalized spacial score (nSPS) is 16.9. The minimum atomic E-state index is -1.20. The molecule has 4 rings (SSSR count). The highest BCUT2D eigenvalue weighted by Crippen LogP contribution is 2.27. The van der Waals surface area contributed by atoms with E-state index in [4.69, 9.17) is 4.94 Å². The number of rotatable bonds is 4. The van der Waals surface area contributed by atoms with Gasteiger partial charge in [-0.1, -0.05) is 12.8 Å². The topological polar surface area (TPSA) is 113 Å². The first-order valence-electron chi connectivity index (χ1n) is 10.4. The molecule has 2 aliphatic rings. The molecule has 0 radical (unpaired) electrons. The summed E-state index contributed by atoms with van der Waals surface area (Å²) in [6.07, 6.45) is 4.32. The first kappa shape index (κ1) is 22.8. The summed E-state index contributed by atoms with van der Waals surface area (Å²) in [6.45, 7) is -0.393. The van der Waals surface area contributed by atoms with E-state index in [2.05, 4.69) is 10.8 Å². The van der Waals surface area contributed by atoms with Crippen LogP contribution in [0.1, 0.15) is 52.1 Å². The van der Waals surface area contributed by atoms with Crippen molar-refractivity contribution >= 4 is 11.8 Å². The molecule has 0 atom stereocenters. The average Bonchev–Trinajstić information content (AvgIpc) is 3.27. The zero-order chi connectivity index (χ0) is 23.7. The molecule has 0 saturated heterocycles. The molecule has 0 spiro atoms. The fourth-order valence-corrected chi connectivity index (χ4v) is 4.02. The number of fused-ring (bicyclic) bond motifs is 1. The number of halogens is 3. The van der Waals surface area contributed by atoms with E-state index in [0.717, 1.165) is 24.1 Å². The van der Waals surface area contributed by atoms with Crippen LogP contribution >= 0.6 is 0 Å². The van der Waals surface area contributed by atoms with E-state index < -0.39 is 58.1 Å². The molecule has 2 amide bonds.